The second-order valence-electron chi connectivity index (χ2n) is 7.49. The van der Waals surface area contributed by atoms with Gasteiger partial charge in [-0.1, -0.05) is 6.42 Å². The fourth-order valence-corrected chi connectivity index (χ4v) is 5.59. The number of anilines is 2. The number of hydrogen-bond acceptors (Lipinski definition) is 8. The van der Waals surface area contributed by atoms with Gasteiger partial charge in [0.2, 0.25) is 0 Å². The first-order valence-electron chi connectivity index (χ1n) is 10.1. The molecule has 0 radical (unpaired) electrons. The van der Waals surface area contributed by atoms with E-state index < -0.39 is 26.4 Å². The standard InChI is InChI=1S/C21H20N4O6S2/c26-18-11-10-15(12-17(18)25(28)29)33(30,31)24-14-8-6-13(7-9-14)20(27)23-21-22-16-4-2-1-3-5-19(16)32-21/h6-12,24,26H,1-5H2,(H,22,23,27). The summed E-state index contributed by atoms with van der Waals surface area (Å²) in [5.41, 5.74) is 0.822. The Morgan fingerprint density at radius 3 is 2.55 bits per heavy atom. The first-order valence-corrected chi connectivity index (χ1v) is 12.4. The average Bonchev–Trinajstić information content (AvgIpc) is 3.01. The lowest BCUT2D eigenvalue weighted by Gasteiger charge is -2.09. The number of phenolic OH excluding ortho intramolecular Hbond substituents is 1. The summed E-state index contributed by atoms with van der Waals surface area (Å²) in [6.45, 7) is 0. The van der Waals surface area contributed by atoms with Gasteiger partial charge >= 0.3 is 5.69 Å². The monoisotopic (exact) mass is 488 g/mol. The van der Waals surface area contributed by atoms with E-state index in [-0.39, 0.29) is 16.5 Å². The third-order valence-electron chi connectivity index (χ3n) is 5.17. The molecule has 1 heterocycles. The average molecular weight is 489 g/mol. The molecule has 1 aliphatic rings. The maximum Gasteiger partial charge on any atom is 0.312 e. The van der Waals surface area contributed by atoms with E-state index in [4.69, 9.17) is 0 Å². The Kier molecular flexibility index (Phi) is 6.29. The molecule has 0 bridgehead atoms. The molecule has 0 aliphatic heterocycles. The molecule has 1 aliphatic carbocycles. The van der Waals surface area contributed by atoms with Gasteiger partial charge in [-0.2, -0.15) is 0 Å². The molecule has 1 amide bonds. The maximum absolute atomic E-state index is 12.6. The molecule has 4 rings (SSSR count). The van der Waals surface area contributed by atoms with Gasteiger partial charge in [0.25, 0.3) is 15.9 Å². The van der Waals surface area contributed by atoms with E-state index in [9.17, 15) is 28.4 Å². The molecule has 10 nitrogen and oxygen atoms in total. The molecule has 2 aromatic carbocycles. The number of aromatic nitrogens is 1. The largest absolute Gasteiger partial charge is 0.502 e. The first-order chi connectivity index (χ1) is 15.7. The lowest BCUT2D eigenvalue weighted by molar-refractivity contribution is -0.386. The van der Waals surface area contributed by atoms with Crippen LogP contribution in [0.4, 0.5) is 16.5 Å². The van der Waals surface area contributed by atoms with Crippen molar-refractivity contribution in [2.75, 3.05) is 10.0 Å². The van der Waals surface area contributed by atoms with Crippen LogP contribution >= 0.6 is 11.3 Å². The molecule has 0 spiro atoms. The minimum Gasteiger partial charge on any atom is -0.502 e. The van der Waals surface area contributed by atoms with Gasteiger partial charge in [-0.25, -0.2) is 13.4 Å². The molecule has 33 heavy (non-hydrogen) atoms. The zero-order valence-corrected chi connectivity index (χ0v) is 18.9. The molecule has 0 saturated carbocycles. The van der Waals surface area contributed by atoms with Crippen LogP contribution < -0.4 is 10.0 Å². The lowest BCUT2D eigenvalue weighted by Crippen LogP contribution is -2.14. The molecular formula is C21H20N4O6S2. The van der Waals surface area contributed by atoms with Crippen molar-refractivity contribution in [2.45, 2.75) is 37.0 Å². The van der Waals surface area contributed by atoms with Gasteiger partial charge in [0.15, 0.2) is 10.9 Å². The predicted octanol–water partition coefficient (Wildman–Crippen LogP) is 4.08. The van der Waals surface area contributed by atoms with Gasteiger partial charge in [0, 0.05) is 22.2 Å². The number of thiazole rings is 1. The van der Waals surface area contributed by atoms with Crippen LogP contribution in [-0.2, 0) is 22.9 Å². The number of rotatable bonds is 6. The number of nitro groups is 1. The SMILES string of the molecule is O=C(Nc1nc2c(s1)CCCCC2)c1ccc(NS(=O)(=O)c2ccc(O)c([N+](=O)[O-])c2)cc1. The van der Waals surface area contributed by atoms with Crippen molar-refractivity contribution in [3.05, 3.63) is 68.7 Å². The predicted molar refractivity (Wildman–Crippen MR) is 123 cm³/mol. The molecular weight excluding hydrogens is 468 g/mol. The molecule has 0 saturated heterocycles. The molecule has 0 unspecified atom stereocenters. The molecule has 0 fully saturated rings. The summed E-state index contributed by atoms with van der Waals surface area (Å²) in [5.74, 6) is -0.992. The van der Waals surface area contributed by atoms with Crippen LogP contribution in [0.25, 0.3) is 0 Å². The number of nitrogens with one attached hydrogen (secondary N) is 2. The third kappa shape index (κ3) is 5.12. The minimum atomic E-state index is -4.15. The Morgan fingerprint density at radius 1 is 1.09 bits per heavy atom. The van der Waals surface area contributed by atoms with Crippen molar-refractivity contribution in [1.29, 1.82) is 0 Å². The van der Waals surface area contributed by atoms with E-state index in [1.807, 2.05) is 0 Å². The number of phenols is 1. The summed E-state index contributed by atoms with van der Waals surface area (Å²) in [5, 5.41) is 23.8. The summed E-state index contributed by atoms with van der Waals surface area (Å²) >= 11 is 1.48. The van der Waals surface area contributed by atoms with Gasteiger partial charge < -0.3 is 5.11 Å². The molecule has 3 aromatic rings. The van der Waals surface area contributed by atoms with Gasteiger partial charge in [-0.05, 0) is 62.1 Å². The van der Waals surface area contributed by atoms with Gasteiger partial charge in [0.05, 0.1) is 15.5 Å². The first kappa shape index (κ1) is 22.7. The Balaban J connectivity index is 1.45. The van der Waals surface area contributed by atoms with Crippen molar-refractivity contribution in [3.63, 3.8) is 0 Å². The number of fused-ring (bicyclic) bond motifs is 1. The van der Waals surface area contributed by atoms with Crippen LogP contribution in [0.1, 0.15) is 40.2 Å². The van der Waals surface area contributed by atoms with Crippen molar-refractivity contribution in [3.8, 4) is 5.75 Å². The molecule has 1 aromatic heterocycles. The Bertz CT molecular complexity index is 1300. The Morgan fingerprint density at radius 2 is 1.82 bits per heavy atom. The highest BCUT2D eigenvalue weighted by molar-refractivity contribution is 7.92. The van der Waals surface area contributed by atoms with Crippen LogP contribution in [0, 0.1) is 10.1 Å². The number of carbonyl (C=O) groups excluding carboxylic acids is 1. The van der Waals surface area contributed by atoms with E-state index >= 15 is 0 Å². The van der Waals surface area contributed by atoms with Gasteiger partial charge in [0.1, 0.15) is 0 Å². The maximum atomic E-state index is 12.6. The van der Waals surface area contributed by atoms with E-state index in [1.165, 1.54) is 46.9 Å². The second kappa shape index (κ2) is 9.16. The summed E-state index contributed by atoms with van der Waals surface area (Å²) in [6.07, 6.45) is 5.30. The van der Waals surface area contributed by atoms with Gasteiger partial charge in [-0.15, -0.1) is 11.3 Å². The minimum absolute atomic E-state index is 0.170. The van der Waals surface area contributed by atoms with Crippen molar-refractivity contribution < 1.29 is 23.2 Å². The summed E-state index contributed by atoms with van der Waals surface area (Å²) in [7, 11) is -4.15. The number of nitrogens with zero attached hydrogens (tertiary/aromatic N) is 2. The summed E-state index contributed by atoms with van der Waals surface area (Å²) in [4.78, 5) is 28.0. The molecule has 12 heteroatoms. The smallest absolute Gasteiger partial charge is 0.312 e. The summed E-state index contributed by atoms with van der Waals surface area (Å²) < 4.78 is 27.4. The van der Waals surface area contributed by atoms with E-state index in [1.54, 1.807) is 0 Å². The molecule has 172 valence electrons. The highest BCUT2D eigenvalue weighted by atomic mass is 32.2. The number of aryl methyl sites for hydroxylation is 2. The number of carbonyl (C=O) groups is 1. The van der Waals surface area contributed by atoms with Crippen LogP contribution in [0.15, 0.2) is 47.4 Å². The van der Waals surface area contributed by atoms with Crippen LogP contribution in [0.5, 0.6) is 5.75 Å². The van der Waals surface area contributed by atoms with Gasteiger partial charge in [-0.3, -0.25) is 24.9 Å². The number of amides is 1. The fraction of sp³-hybridized carbons (Fsp3) is 0.238. The number of aromatic hydroxyl groups is 1. The molecule has 0 atom stereocenters. The van der Waals surface area contributed by atoms with Crippen molar-refractivity contribution in [1.82, 2.24) is 4.98 Å². The number of hydrogen-bond donors (Lipinski definition) is 3. The fourth-order valence-electron chi connectivity index (χ4n) is 3.47. The zero-order chi connectivity index (χ0) is 23.6. The Labute approximate surface area is 193 Å². The van der Waals surface area contributed by atoms with Crippen LogP contribution in [0.2, 0.25) is 0 Å². The highest BCUT2D eigenvalue weighted by Crippen LogP contribution is 2.30. The molecule has 3 N–H and O–H groups in total. The topological polar surface area (TPSA) is 152 Å². The van der Waals surface area contributed by atoms with Crippen molar-refractivity contribution in [2.24, 2.45) is 0 Å². The lowest BCUT2D eigenvalue weighted by atomic mass is 10.2. The van der Waals surface area contributed by atoms with Crippen molar-refractivity contribution >= 4 is 43.8 Å². The number of benzene rings is 2. The second-order valence-corrected chi connectivity index (χ2v) is 10.3. The normalized spacial score (nSPS) is 13.6. The van der Waals surface area contributed by atoms with Crippen LogP contribution in [0.3, 0.4) is 0 Å². The number of sulfonamides is 1. The van der Waals surface area contributed by atoms with Crippen LogP contribution in [-0.4, -0.2) is 29.3 Å². The Hall–Kier alpha value is -3.51. The zero-order valence-electron chi connectivity index (χ0n) is 17.3. The van der Waals surface area contributed by atoms with E-state index in [0.717, 1.165) is 49.6 Å². The third-order valence-corrected chi connectivity index (χ3v) is 7.62. The summed E-state index contributed by atoms with van der Waals surface area (Å²) in [6, 6.07) is 8.53. The highest BCUT2D eigenvalue weighted by Gasteiger charge is 2.22. The quantitative estimate of drug-likeness (QED) is 0.269. The van der Waals surface area contributed by atoms with E-state index in [0.29, 0.717) is 10.7 Å². The van der Waals surface area contributed by atoms with E-state index in [2.05, 4.69) is 15.0 Å². The number of nitro benzene ring substituents is 1.